The van der Waals surface area contributed by atoms with Crippen LogP contribution < -0.4 is 0 Å². The fraction of sp³-hybridized carbons (Fsp3) is 0.667. The Balaban J connectivity index is 3.15. The summed E-state index contributed by atoms with van der Waals surface area (Å²) in [5.74, 6) is 0. The van der Waals surface area contributed by atoms with Crippen molar-refractivity contribution in [1.29, 1.82) is 0 Å². The first-order valence-corrected chi connectivity index (χ1v) is 3.88. The number of thiol groups is 1. The summed E-state index contributed by atoms with van der Waals surface area (Å²) in [6.07, 6.45) is 5.21. The van der Waals surface area contributed by atoms with E-state index in [0.717, 1.165) is 6.42 Å². The van der Waals surface area contributed by atoms with E-state index in [1.807, 2.05) is 6.21 Å². The summed E-state index contributed by atoms with van der Waals surface area (Å²) in [5.41, 5.74) is 0. The van der Waals surface area contributed by atoms with Gasteiger partial charge in [-0.1, -0.05) is 25.6 Å². The predicted molar refractivity (Wildman–Crippen MR) is 49.6 cm³/mol. The van der Waals surface area contributed by atoms with Gasteiger partial charge in [0, 0.05) is 6.21 Å². The Hall–Kier alpha value is 0.110. The summed E-state index contributed by atoms with van der Waals surface area (Å²) in [7, 11) is 0. The predicted octanol–water partition coefficient (Wildman–Crippen LogP) is 2.46. The van der Waals surface area contributed by atoms with Gasteiger partial charge in [0.15, 0.2) is 4.32 Å². The van der Waals surface area contributed by atoms with E-state index < -0.39 is 0 Å². The Morgan fingerprint density at radius 2 is 2.44 bits per heavy atom. The summed E-state index contributed by atoms with van der Waals surface area (Å²) in [5, 5.41) is 0. The van der Waals surface area contributed by atoms with Gasteiger partial charge < -0.3 is 0 Å². The van der Waals surface area contributed by atoms with Crippen LogP contribution in [-0.4, -0.2) is 10.5 Å². The molecule has 3 heteroatoms. The van der Waals surface area contributed by atoms with E-state index in [1.165, 1.54) is 12.8 Å². The van der Waals surface area contributed by atoms with Gasteiger partial charge in [-0.15, -0.1) is 12.6 Å². The van der Waals surface area contributed by atoms with Crippen LogP contribution in [0.5, 0.6) is 0 Å². The number of nitrogens with zero attached hydrogens (tertiary/aromatic N) is 1. The van der Waals surface area contributed by atoms with Crippen molar-refractivity contribution in [2.45, 2.75) is 26.2 Å². The smallest absolute Gasteiger partial charge is 0.156 e. The van der Waals surface area contributed by atoms with Crippen LogP contribution in [0.3, 0.4) is 0 Å². The van der Waals surface area contributed by atoms with E-state index >= 15 is 0 Å². The van der Waals surface area contributed by atoms with E-state index in [4.69, 9.17) is 0 Å². The molecule has 52 valence electrons. The lowest BCUT2D eigenvalue weighted by Crippen LogP contribution is -1.78. The molecule has 0 bridgehead atoms. The number of hydrogen-bond donors (Lipinski definition) is 1. The summed E-state index contributed by atoms with van der Waals surface area (Å²) >= 11 is 8.45. The fourth-order valence-electron chi connectivity index (χ4n) is 0.438. The molecular formula is C6H11NS2. The molecule has 0 aromatic rings. The molecule has 0 spiro atoms. The van der Waals surface area contributed by atoms with Crippen LogP contribution in [0.4, 0.5) is 0 Å². The third kappa shape index (κ3) is 8.11. The number of rotatable bonds is 3. The van der Waals surface area contributed by atoms with Gasteiger partial charge in [-0.3, -0.25) is 0 Å². The maximum absolute atomic E-state index is 4.61. The van der Waals surface area contributed by atoms with Crippen molar-refractivity contribution in [1.82, 2.24) is 0 Å². The number of thiocarbonyl (C=S) groups is 1. The second-order valence-corrected chi connectivity index (χ2v) is 2.85. The van der Waals surface area contributed by atoms with Crippen LogP contribution in [0, 0.1) is 0 Å². The molecule has 0 saturated carbocycles. The SMILES string of the molecule is CCCCC=NC(=S)S. The monoisotopic (exact) mass is 161 g/mol. The lowest BCUT2D eigenvalue weighted by molar-refractivity contribution is 0.843. The van der Waals surface area contributed by atoms with Crippen LogP contribution in [0.2, 0.25) is 0 Å². The molecule has 0 aromatic carbocycles. The summed E-state index contributed by atoms with van der Waals surface area (Å²) in [6.45, 7) is 2.15. The molecule has 1 nitrogen and oxygen atoms in total. The third-order valence-corrected chi connectivity index (χ3v) is 1.11. The Kier molecular flexibility index (Phi) is 6.31. The minimum absolute atomic E-state index is 0.422. The van der Waals surface area contributed by atoms with Gasteiger partial charge in [0.2, 0.25) is 0 Å². The third-order valence-electron chi connectivity index (χ3n) is 0.889. The lowest BCUT2D eigenvalue weighted by atomic mass is 10.3. The molecule has 0 radical (unpaired) electrons. The Labute approximate surface area is 67.0 Å². The van der Waals surface area contributed by atoms with Crippen molar-refractivity contribution in [3.63, 3.8) is 0 Å². The van der Waals surface area contributed by atoms with Crippen LogP contribution >= 0.6 is 24.8 Å². The molecule has 0 unspecified atom stereocenters. The molecule has 9 heavy (non-hydrogen) atoms. The molecule has 0 aliphatic rings. The van der Waals surface area contributed by atoms with Crippen LogP contribution in [0.15, 0.2) is 4.99 Å². The van der Waals surface area contributed by atoms with Gasteiger partial charge in [-0.05, 0) is 12.8 Å². The zero-order valence-corrected chi connectivity index (χ0v) is 7.21. The highest BCUT2D eigenvalue weighted by Crippen LogP contribution is 1.91. The highest BCUT2D eigenvalue weighted by atomic mass is 32.1. The minimum atomic E-state index is 0.422. The highest BCUT2D eigenvalue weighted by Gasteiger charge is 1.79. The van der Waals surface area contributed by atoms with Crippen molar-refractivity contribution in [3.8, 4) is 0 Å². The largest absolute Gasteiger partial charge is 0.243 e. The van der Waals surface area contributed by atoms with Crippen molar-refractivity contribution in [2.24, 2.45) is 4.99 Å². The van der Waals surface area contributed by atoms with E-state index in [0.29, 0.717) is 4.32 Å². The molecule has 0 atom stereocenters. The second kappa shape index (κ2) is 6.23. The quantitative estimate of drug-likeness (QED) is 0.290. The van der Waals surface area contributed by atoms with Gasteiger partial charge in [-0.2, -0.15) is 0 Å². The zero-order chi connectivity index (χ0) is 7.11. The van der Waals surface area contributed by atoms with Crippen molar-refractivity contribution in [2.75, 3.05) is 0 Å². The fourth-order valence-corrected chi connectivity index (χ4v) is 0.594. The van der Waals surface area contributed by atoms with E-state index in [9.17, 15) is 0 Å². The van der Waals surface area contributed by atoms with Crippen LogP contribution in [0.1, 0.15) is 26.2 Å². The standard InChI is InChI=1S/C6H11NS2/c1-2-3-4-5-7-6(8)9/h5H,2-4H2,1H3,(H,8,9). The Bertz CT molecular complexity index is 110. The first kappa shape index (κ1) is 9.11. The maximum Gasteiger partial charge on any atom is 0.156 e. The van der Waals surface area contributed by atoms with E-state index in [2.05, 4.69) is 36.8 Å². The Morgan fingerprint density at radius 1 is 1.78 bits per heavy atom. The van der Waals surface area contributed by atoms with Gasteiger partial charge in [0.1, 0.15) is 0 Å². The lowest BCUT2D eigenvalue weighted by Gasteiger charge is -1.85. The molecule has 0 aliphatic heterocycles. The van der Waals surface area contributed by atoms with E-state index in [1.54, 1.807) is 0 Å². The molecule has 0 aliphatic carbocycles. The van der Waals surface area contributed by atoms with E-state index in [-0.39, 0.29) is 0 Å². The number of aliphatic imine (C=N–C) groups is 1. The van der Waals surface area contributed by atoms with Crippen molar-refractivity contribution >= 4 is 35.4 Å². The second-order valence-electron chi connectivity index (χ2n) is 1.74. The van der Waals surface area contributed by atoms with Gasteiger partial charge in [0.25, 0.3) is 0 Å². The average Bonchev–Trinajstić information content (AvgIpc) is 1.80. The molecule has 0 fully saturated rings. The maximum atomic E-state index is 4.61. The molecule has 0 aromatic heterocycles. The average molecular weight is 161 g/mol. The van der Waals surface area contributed by atoms with Crippen molar-refractivity contribution in [3.05, 3.63) is 0 Å². The normalized spacial score (nSPS) is 10.4. The number of hydrogen-bond acceptors (Lipinski definition) is 1. The van der Waals surface area contributed by atoms with Crippen LogP contribution in [-0.2, 0) is 0 Å². The molecule has 0 rings (SSSR count). The Morgan fingerprint density at radius 3 is 2.89 bits per heavy atom. The minimum Gasteiger partial charge on any atom is -0.243 e. The first-order valence-electron chi connectivity index (χ1n) is 3.02. The van der Waals surface area contributed by atoms with Crippen molar-refractivity contribution < 1.29 is 0 Å². The summed E-state index contributed by atoms with van der Waals surface area (Å²) in [6, 6.07) is 0. The highest BCUT2D eigenvalue weighted by molar-refractivity contribution is 8.11. The van der Waals surface area contributed by atoms with Gasteiger partial charge >= 0.3 is 0 Å². The topological polar surface area (TPSA) is 12.4 Å². The first-order chi connectivity index (χ1) is 4.27. The molecule has 0 amide bonds. The summed E-state index contributed by atoms with van der Waals surface area (Å²) in [4.78, 5) is 3.83. The molecule has 0 N–H and O–H groups in total. The van der Waals surface area contributed by atoms with Gasteiger partial charge in [-0.25, -0.2) is 4.99 Å². The molecular weight excluding hydrogens is 150 g/mol. The summed E-state index contributed by atoms with van der Waals surface area (Å²) < 4.78 is 0.422. The molecule has 0 heterocycles. The van der Waals surface area contributed by atoms with Crippen LogP contribution in [0.25, 0.3) is 0 Å². The molecule has 0 saturated heterocycles. The number of unbranched alkanes of at least 4 members (excludes halogenated alkanes) is 2. The van der Waals surface area contributed by atoms with Gasteiger partial charge in [0.05, 0.1) is 0 Å². The zero-order valence-electron chi connectivity index (χ0n) is 5.50.